The molecular weight excluding hydrogens is 184 g/mol. The molecule has 4 N–H and O–H groups in total. The fraction of sp³-hybridized carbons (Fsp3) is 1.00. The van der Waals surface area contributed by atoms with Gasteiger partial charge in [0, 0.05) is 0 Å². The molecule has 0 aliphatic heterocycles. The van der Waals surface area contributed by atoms with E-state index >= 15 is 0 Å². The van der Waals surface area contributed by atoms with Crippen LogP contribution in [0, 0.1) is 5.92 Å². The minimum absolute atomic E-state index is 0.241. The third-order valence-corrected chi connectivity index (χ3v) is 2.27. The first-order chi connectivity index (χ1) is 6.40. The van der Waals surface area contributed by atoms with Gasteiger partial charge in [-0.1, -0.05) is 20.8 Å². The monoisotopic (exact) mass is 206 g/mol. The van der Waals surface area contributed by atoms with Gasteiger partial charge in [-0.15, -0.1) is 0 Å². The average Bonchev–Trinajstić information content (AvgIpc) is 2.13. The Morgan fingerprint density at radius 1 is 0.857 bits per heavy atom. The van der Waals surface area contributed by atoms with E-state index in [1.165, 1.54) is 0 Å². The van der Waals surface area contributed by atoms with Gasteiger partial charge in [-0.2, -0.15) is 0 Å². The topological polar surface area (TPSA) is 80.9 Å². The van der Waals surface area contributed by atoms with Crippen molar-refractivity contribution in [3.8, 4) is 0 Å². The maximum Gasteiger partial charge on any atom is 0.108 e. The lowest BCUT2D eigenvalue weighted by molar-refractivity contribution is -0.109. The van der Waals surface area contributed by atoms with Gasteiger partial charge in [0.25, 0.3) is 0 Å². The molecule has 14 heavy (non-hydrogen) atoms. The molecule has 0 bridgehead atoms. The zero-order valence-corrected chi connectivity index (χ0v) is 9.09. The predicted molar refractivity (Wildman–Crippen MR) is 53.8 cm³/mol. The van der Waals surface area contributed by atoms with Crippen LogP contribution in [0.3, 0.4) is 0 Å². The van der Waals surface area contributed by atoms with Crippen LogP contribution in [0.1, 0.15) is 33.6 Å². The van der Waals surface area contributed by atoms with Crippen molar-refractivity contribution < 1.29 is 20.4 Å². The summed E-state index contributed by atoms with van der Waals surface area (Å²) in [7, 11) is 0. The second kappa shape index (κ2) is 6.35. The molecule has 0 heterocycles. The molecule has 0 aliphatic rings. The normalized spacial score (nSPS) is 20.6. The summed E-state index contributed by atoms with van der Waals surface area (Å²) in [6.07, 6.45) is -3.74. The van der Waals surface area contributed by atoms with E-state index < -0.39 is 24.4 Å². The number of hydrogen-bond acceptors (Lipinski definition) is 4. The molecule has 0 amide bonds. The summed E-state index contributed by atoms with van der Waals surface area (Å²) >= 11 is 0. The van der Waals surface area contributed by atoms with Crippen LogP contribution in [0.15, 0.2) is 0 Å². The van der Waals surface area contributed by atoms with Crippen molar-refractivity contribution in [1.82, 2.24) is 0 Å². The highest BCUT2D eigenvalue weighted by Crippen LogP contribution is 2.13. The van der Waals surface area contributed by atoms with Crippen molar-refractivity contribution in [3.05, 3.63) is 0 Å². The molecule has 0 aromatic carbocycles. The van der Waals surface area contributed by atoms with Gasteiger partial charge in [0.2, 0.25) is 0 Å². The summed E-state index contributed by atoms with van der Waals surface area (Å²) in [5.41, 5.74) is 0. The van der Waals surface area contributed by atoms with Crippen molar-refractivity contribution in [2.45, 2.75) is 58.0 Å². The zero-order valence-electron chi connectivity index (χ0n) is 9.09. The highest BCUT2D eigenvalue weighted by atomic mass is 16.4. The lowest BCUT2D eigenvalue weighted by Crippen LogP contribution is -2.44. The minimum atomic E-state index is -1.27. The lowest BCUT2D eigenvalue weighted by atomic mass is 9.95. The Hall–Kier alpha value is -0.160. The summed E-state index contributed by atoms with van der Waals surface area (Å²) in [6.45, 7) is 5.53. The maximum absolute atomic E-state index is 9.48. The van der Waals surface area contributed by atoms with Gasteiger partial charge in [-0.3, -0.25) is 0 Å². The molecule has 0 saturated heterocycles. The van der Waals surface area contributed by atoms with Gasteiger partial charge in [-0.05, 0) is 18.8 Å². The Bertz CT molecular complexity index is 149. The molecule has 4 atom stereocenters. The van der Waals surface area contributed by atoms with E-state index in [2.05, 4.69) is 0 Å². The molecule has 0 aliphatic carbocycles. The summed E-state index contributed by atoms with van der Waals surface area (Å²) < 4.78 is 0. The number of hydrogen-bond donors (Lipinski definition) is 4. The summed E-state index contributed by atoms with van der Waals surface area (Å²) in [5, 5.41) is 37.6. The zero-order chi connectivity index (χ0) is 11.3. The van der Waals surface area contributed by atoms with Crippen molar-refractivity contribution in [1.29, 1.82) is 0 Å². The molecule has 0 aromatic heterocycles. The van der Waals surface area contributed by atoms with Crippen molar-refractivity contribution in [3.63, 3.8) is 0 Å². The third-order valence-electron chi connectivity index (χ3n) is 2.27. The quantitative estimate of drug-likeness (QED) is 0.488. The number of aliphatic hydroxyl groups is 4. The maximum atomic E-state index is 9.48. The highest BCUT2D eigenvalue weighted by Gasteiger charge is 2.29. The van der Waals surface area contributed by atoms with E-state index in [0.717, 1.165) is 0 Å². The first kappa shape index (κ1) is 13.8. The summed E-state index contributed by atoms with van der Waals surface area (Å²) in [4.78, 5) is 0. The standard InChI is InChI=1S/C10H22O4/c1-4-7(11)9(13)10(14)8(12)5-6(2)3/h6-14H,4-5H2,1-3H3/t7-,8-,9-,10-/m0/s1. The van der Waals surface area contributed by atoms with Crippen LogP contribution in [-0.2, 0) is 0 Å². The second-order valence-corrected chi connectivity index (χ2v) is 4.15. The van der Waals surface area contributed by atoms with Crippen molar-refractivity contribution >= 4 is 0 Å². The Morgan fingerprint density at radius 2 is 1.29 bits per heavy atom. The highest BCUT2D eigenvalue weighted by molar-refractivity contribution is 4.80. The number of rotatable bonds is 6. The van der Waals surface area contributed by atoms with E-state index in [9.17, 15) is 20.4 Å². The SMILES string of the molecule is CC[C@H](O)[C@H](O)[C@@H](O)[C@@H](O)CC(C)C. The number of aliphatic hydroxyl groups excluding tert-OH is 4. The van der Waals surface area contributed by atoms with E-state index in [1.54, 1.807) is 6.92 Å². The lowest BCUT2D eigenvalue weighted by Gasteiger charge is -2.26. The second-order valence-electron chi connectivity index (χ2n) is 4.15. The third kappa shape index (κ3) is 4.37. The Balaban J connectivity index is 4.09. The smallest absolute Gasteiger partial charge is 0.108 e. The van der Waals surface area contributed by atoms with Crippen LogP contribution in [0.2, 0.25) is 0 Å². The van der Waals surface area contributed by atoms with Crippen LogP contribution >= 0.6 is 0 Å². The van der Waals surface area contributed by atoms with Crippen molar-refractivity contribution in [2.75, 3.05) is 0 Å². The molecule has 4 nitrogen and oxygen atoms in total. The van der Waals surface area contributed by atoms with E-state index in [0.29, 0.717) is 12.8 Å². The molecule has 0 fully saturated rings. The van der Waals surface area contributed by atoms with Crippen LogP contribution < -0.4 is 0 Å². The minimum Gasteiger partial charge on any atom is -0.390 e. The van der Waals surface area contributed by atoms with Crippen LogP contribution in [0.25, 0.3) is 0 Å². The fourth-order valence-corrected chi connectivity index (χ4v) is 1.32. The van der Waals surface area contributed by atoms with Gasteiger partial charge < -0.3 is 20.4 Å². The Labute approximate surface area is 85.2 Å². The van der Waals surface area contributed by atoms with Gasteiger partial charge >= 0.3 is 0 Å². The Kier molecular flexibility index (Phi) is 6.27. The molecule has 0 radical (unpaired) electrons. The van der Waals surface area contributed by atoms with Gasteiger partial charge in [0.15, 0.2) is 0 Å². The summed E-state index contributed by atoms with van der Waals surface area (Å²) in [6, 6.07) is 0. The molecule has 0 unspecified atom stereocenters. The fourth-order valence-electron chi connectivity index (χ4n) is 1.32. The van der Waals surface area contributed by atoms with Gasteiger partial charge in [0.1, 0.15) is 12.2 Å². The molecular formula is C10H22O4. The van der Waals surface area contributed by atoms with Crippen LogP contribution in [0.5, 0.6) is 0 Å². The molecule has 86 valence electrons. The van der Waals surface area contributed by atoms with Crippen molar-refractivity contribution in [2.24, 2.45) is 5.92 Å². The predicted octanol–water partition coefficient (Wildman–Crippen LogP) is -0.114. The van der Waals surface area contributed by atoms with E-state index in [4.69, 9.17) is 0 Å². The van der Waals surface area contributed by atoms with Gasteiger partial charge in [-0.25, -0.2) is 0 Å². The van der Waals surface area contributed by atoms with Crippen LogP contribution in [0.4, 0.5) is 0 Å². The molecule has 4 heteroatoms. The van der Waals surface area contributed by atoms with Gasteiger partial charge in [0.05, 0.1) is 12.2 Å². The molecule has 0 spiro atoms. The largest absolute Gasteiger partial charge is 0.390 e. The first-order valence-electron chi connectivity index (χ1n) is 5.12. The average molecular weight is 206 g/mol. The van der Waals surface area contributed by atoms with Crippen LogP contribution in [-0.4, -0.2) is 44.8 Å². The molecule has 0 rings (SSSR count). The van der Waals surface area contributed by atoms with E-state index in [1.807, 2.05) is 13.8 Å². The first-order valence-corrected chi connectivity index (χ1v) is 5.12. The van der Waals surface area contributed by atoms with E-state index in [-0.39, 0.29) is 5.92 Å². The summed E-state index contributed by atoms with van der Waals surface area (Å²) in [5.74, 6) is 0.241. The molecule has 0 aromatic rings. The molecule has 0 saturated carbocycles. The Morgan fingerprint density at radius 3 is 1.64 bits per heavy atom.